The summed E-state index contributed by atoms with van der Waals surface area (Å²) in [6.45, 7) is 1.76. The Labute approximate surface area is 106 Å². The highest BCUT2D eigenvalue weighted by Crippen LogP contribution is 2.25. The molecule has 1 aromatic carbocycles. The average molecular weight is 251 g/mol. The quantitative estimate of drug-likeness (QED) is 0.865. The van der Waals surface area contributed by atoms with Crippen LogP contribution in [0.3, 0.4) is 0 Å². The number of aliphatic hydroxyl groups is 1. The molecule has 1 amide bonds. The average Bonchev–Trinajstić information content (AvgIpc) is 2.75. The number of halogens is 1. The maximum Gasteiger partial charge on any atom is 0.251 e. The number of hydrogen-bond donors (Lipinski definition) is 2. The fourth-order valence-electron chi connectivity index (χ4n) is 2.43. The zero-order valence-corrected chi connectivity index (χ0v) is 10.4. The Morgan fingerprint density at radius 1 is 1.50 bits per heavy atom. The maximum absolute atomic E-state index is 13.5. The lowest BCUT2D eigenvalue weighted by molar-refractivity contribution is 0.0929. The summed E-state index contributed by atoms with van der Waals surface area (Å²) in [4.78, 5) is 12.0. The molecule has 0 radical (unpaired) electrons. The molecule has 1 aromatic rings. The summed E-state index contributed by atoms with van der Waals surface area (Å²) in [5.74, 6) is -0.294. The Balaban J connectivity index is 2.07. The number of carbonyl (C=O) groups excluding carboxylic acids is 1. The standard InChI is InChI=1S/C14H18FNO2/c1-9-3-2-4-13(9)16-14(18)10-5-6-11(8-17)12(15)7-10/h5-7,9,13,17H,2-4,8H2,1H3,(H,16,18). The van der Waals surface area contributed by atoms with Gasteiger partial charge < -0.3 is 10.4 Å². The molecule has 0 bridgehead atoms. The van der Waals surface area contributed by atoms with E-state index in [4.69, 9.17) is 5.11 Å². The highest BCUT2D eigenvalue weighted by atomic mass is 19.1. The Bertz CT molecular complexity index is 447. The molecule has 18 heavy (non-hydrogen) atoms. The van der Waals surface area contributed by atoms with Crippen molar-refractivity contribution >= 4 is 5.91 Å². The topological polar surface area (TPSA) is 49.3 Å². The predicted octanol–water partition coefficient (Wildman–Crippen LogP) is 2.24. The fourth-order valence-corrected chi connectivity index (χ4v) is 2.43. The number of benzene rings is 1. The van der Waals surface area contributed by atoms with Gasteiger partial charge in [-0.25, -0.2) is 4.39 Å². The number of nitrogens with one attached hydrogen (secondary N) is 1. The number of rotatable bonds is 3. The van der Waals surface area contributed by atoms with E-state index in [-0.39, 0.29) is 24.1 Å². The predicted molar refractivity (Wildman–Crippen MR) is 66.6 cm³/mol. The van der Waals surface area contributed by atoms with Crippen molar-refractivity contribution in [2.45, 2.75) is 38.8 Å². The lowest BCUT2D eigenvalue weighted by Gasteiger charge is -2.17. The van der Waals surface area contributed by atoms with Gasteiger partial charge in [0.1, 0.15) is 5.82 Å². The summed E-state index contributed by atoms with van der Waals surface area (Å²) in [6.07, 6.45) is 3.25. The lowest BCUT2D eigenvalue weighted by Crippen LogP contribution is -2.36. The van der Waals surface area contributed by atoms with Gasteiger partial charge in [0.15, 0.2) is 0 Å². The molecule has 4 heteroatoms. The summed E-state index contributed by atoms with van der Waals surface area (Å²) in [5.41, 5.74) is 0.518. The van der Waals surface area contributed by atoms with E-state index < -0.39 is 5.82 Å². The Morgan fingerprint density at radius 2 is 2.28 bits per heavy atom. The van der Waals surface area contributed by atoms with Crippen LogP contribution < -0.4 is 5.32 Å². The molecule has 2 unspecified atom stereocenters. The summed E-state index contributed by atoms with van der Waals surface area (Å²) in [5, 5.41) is 11.8. The Hall–Kier alpha value is -1.42. The highest BCUT2D eigenvalue weighted by molar-refractivity contribution is 5.94. The van der Waals surface area contributed by atoms with Gasteiger partial charge in [0.25, 0.3) is 5.91 Å². The van der Waals surface area contributed by atoms with Crippen LogP contribution in [0.5, 0.6) is 0 Å². The van der Waals surface area contributed by atoms with E-state index in [9.17, 15) is 9.18 Å². The molecule has 1 aliphatic rings. The van der Waals surface area contributed by atoms with Gasteiger partial charge in [0.2, 0.25) is 0 Å². The molecule has 0 heterocycles. The van der Waals surface area contributed by atoms with Crippen LogP contribution in [0.1, 0.15) is 42.1 Å². The van der Waals surface area contributed by atoms with E-state index in [1.165, 1.54) is 12.1 Å². The first-order chi connectivity index (χ1) is 8.61. The minimum atomic E-state index is -0.537. The molecule has 2 N–H and O–H groups in total. The van der Waals surface area contributed by atoms with Crippen molar-refractivity contribution in [3.05, 3.63) is 35.1 Å². The zero-order valence-electron chi connectivity index (χ0n) is 10.4. The monoisotopic (exact) mass is 251 g/mol. The molecule has 1 saturated carbocycles. The van der Waals surface area contributed by atoms with Gasteiger partial charge in [-0.2, -0.15) is 0 Å². The van der Waals surface area contributed by atoms with Crippen molar-refractivity contribution in [2.75, 3.05) is 0 Å². The van der Waals surface area contributed by atoms with Crippen LogP contribution in [-0.2, 0) is 6.61 Å². The third-order valence-corrected chi connectivity index (χ3v) is 3.66. The SMILES string of the molecule is CC1CCCC1NC(=O)c1ccc(CO)c(F)c1. The van der Waals surface area contributed by atoms with Crippen LogP contribution in [0.15, 0.2) is 18.2 Å². The number of aliphatic hydroxyl groups excluding tert-OH is 1. The van der Waals surface area contributed by atoms with Crippen LogP contribution >= 0.6 is 0 Å². The van der Waals surface area contributed by atoms with Crippen molar-refractivity contribution in [1.82, 2.24) is 5.32 Å². The normalized spacial score (nSPS) is 23.1. The molecule has 3 nitrogen and oxygen atoms in total. The third kappa shape index (κ3) is 2.70. The molecule has 2 atom stereocenters. The molecular formula is C14H18FNO2. The lowest BCUT2D eigenvalue weighted by atomic mass is 10.1. The van der Waals surface area contributed by atoms with Crippen molar-refractivity contribution < 1.29 is 14.3 Å². The largest absolute Gasteiger partial charge is 0.392 e. The van der Waals surface area contributed by atoms with Gasteiger partial charge in [-0.15, -0.1) is 0 Å². The van der Waals surface area contributed by atoms with Crippen LogP contribution in [0.2, 0.25) is 0 Å². The smallest absolute Gasteiger partial charge is 0.251 e. The van der Waals surface area contributed by atoms with Crippen LogP contribution in [0, 0.1) is 11.7 Å². The van der Waals surface area contributed by atoms with E-state index in [0.29, 0.717) is 11.5 Å². The first-order valence-corrected chi connectivity index (χ1v) is 6.32. The van der Waals surface area contributed by atoms with Gasteiger partial charge in [0, 0.05) is 17.2 Å². The second-order valence-corrected chi connectivity index (χ2v) is 4.95. The Kier molecular flexibility index (Phi) is 3.97. The summed E-state index contributed by atoms with van der Waals surface area (Å²) in [7, 11) is 0. The molecule has 1 fully saturated rings. The first-order valence-electron chi connectivity index (χ1n) is 6.32. The number of hydrogen-bond acceptors (Lipinski definition) is 2. The zero-order chi connectivity index (χ0) is 13.1. The molecule has 1 aliphatic carbocycles. The van der Waals surface area contributed by atoms with Gasteiger partial charge in [-0.3, -0.25) is 4.79 Å². The fraction of sp³-hybridized carbons (Fsp3) is 0.500. The number of amides is 1. The maximum atomic E-state index is 13.5. The summed E-state index contributed by atoms with van der Waals surface area (Å²) < 4.78 is 13.5. The van der Waals surface area contributed by atoms with Gasteiger partial charge in [-0.05, 0) is 30.9 Å². The minimum absolute atomic E-state index is 0.193. The Morgan fingerprint density at radius 3 is 2.83 bits per heavy atom. The van der Waals surface area contributed by atoms with Crippen LogP contribution in [0.4, 0.5) is 4.39 Å². The van der Waals surface area contributed by atoms with Gasteiger partial charge in [0.05, 0.1) is 6.61 Å². The van der Waals surface area contributed by atoms with Gasteiger partial charge in [-0.1, -0.05) is 19.4 Å². The molecule has 98 valence electrons. The molecule has 2 rings (SSSR count). The van der Waals surface area contributed by atoms with E-state index in [1.807, 2.05) is 0 Å². The summed E-state index contributed by atoms with van der Waals surface area (Å²) >= 11 is 0. The third-order valence-electron chi connectivity index (χ3n) is 3.66. The van der Waals surface area contributed by atoms with E-state index >= 15 is 0 Å². The highest BCUT2D eigenvalue weighted by Gasteiger charge is 2.25. The van der Waals surface area contributed by atoms with E-state index in [2.05, 4.69) is 12.2 Å². The number of carbonyl (C=O) groups is 1. The minimum Gasteiger partial charge on any atom is -0.392 e. The molecule has 0 aromatic heterocycles. The van der Waals surface area contributed by atoms with E-state index in [0.717, 1.165) is 19.3 Å². The van der Waals surface area contributed by atoms with Crippen molar-refractivity contribution in [3.63, 3.8) is 0 Å². The molecular weight excluding hydrogens is 233 g/mol. The van der Waals surface area contributed by atoms with Crippen molar-refractivity contribution in [1.29, 1.82) is 0 Å². The van der Waals surface area contributed by atoms with E-state index in [1.54, 1.807) is 6.07 Å². The summed E-state index contributed by atoms with van der Waals surface area (Å²) in [6, 6.07) is 4.37. The second-order valence-electron chi connectivity index (χ2n) is 4.95. The van der Waals surface area contributed by atoms with Crippen molar-refractivity contribution in [3.8, 4) is 0 Å². The van der Waals surface area contributed by atoms with Gasteiger partial charge >= 0.3 is 0 Å². The van der Waals surface area contributed by atoms with Crippen molar-refractivity contribution in [2.24, 2.45) is 5.92 Å². The van der Waals surface area contributed by atoms with Crippen LogP contribution in [-0.4, -0.2) is 17.1 Å². The molecule has 0 spiro atoms. The van der Waals surface area contributed by atoms with Crippen LogP contribution in [0.25, 0.3) is 0 Å². The molecule has 0 saturated heterocycles. The first kappa shape index (κ1) is 13.0. The second kappa shape index (κ2) is 5.48. The molecule has 0 aliphatic heterocycles.